The summed E-state index contributed by atoms with van der Waals surface area (Å²) in [6, 6.07) is 4.12. The Bertz CT molecular complexity index is 515. The van der Waals surface area contributed by atoms with Gasteiger partial charge in [0.25, 0.3) is 5.69 Å². The normalized spacial score (nSPS) is 18.3. The molecule has 0 radical (unpaired) electrons. The molecule has 22 heavy (non-hydrogen) atoms. The lowest BCUT2D eigenvalue weighted by atomic mass is 10.1. The molecule has 1 heterocycles. The average molecular weight is 311 g/mol. The zero-order valence-corrected chi connectivity index (χ0v) is 12.7. The molecule has 0 spiro atoms. The molecule has 1 fully saturated rings. The van der Waals surface area contributed by atoms with Gasteiger partial charge in [-0.25, -0.2) is 4.39 Å². The highest BCUT2D eigenvalue weighted by molar-refractivity contribution is 5.40. The van der Waals surface area contributed by atoms with Gasteiger partial charge in [-0.1, -0.05) is 13.0 Å². The second-order valence-corrected chi connectivity index (χ2v) is 5.55. The van der Waals surface area contributed by atoms with Gasteiger partial charge in [0, 0.05) is 44.8 Å². The van der Waals surface area contributed by atoms with Crippen LogP contribution in [0.1, 0.15) is 18.9 Å². The van der Waals surface area contributed by atoms with E-state index in [0.29, 0.717) is 13.1 Å². The minimum absolute atomic E-state index is 0.134. The van der Waals surface area contributed by atoms with Gasteiger partial charge in [0.1, 0.15) is 5.82 Å². The zero-order chi connectivity index (χ0) is 16.1. The molecule has 7 heteroatoms. The van der Waals surface area contributed by atoms with Gasteiger partial charge < -0.3 is 5.11 Å². The van der Waals surface area contributed by atoms with Crippen LogP contribution in [-0.2, 0) is 6.54 Å². The van der Waals surface area contributed by atoms with Gasteiger partial charge in [0.05, 0.1) is 17.1 Å². The van der Waals surface area contributed by atoms with Gasteiger partial charge in [-0.15, -0.1) is 0 Å². The van der Waals surface area contributed by atoms with Crippen LogP contribution in [0.3, 0.4) is 0 Å². The van der Waals surface area contributed by atoms with E-state index < -0.39 is 10.7 Å². The standard InChI is InChI=1S/C15H22FN3O3/c1-2-12(11-20)18-8-6-17(7-9-18)10-13-14(16)4-3-5-15(13)19(21)22/h3-5,12,20H,2,6-11H2,1H3. The van der Waals surface area contributed by atoms with E-state index in [9.17, 15) is 19.6 Å². The molecule has 1 aliphatic heterocycles. The van der Waals surface area contributed by atoms with Gasteiger partial charge in [0.15, 0.2) is 0 Å². The summed E-state index contributed by atoms with van der Waals surface area (Å²) in [5.74, 6) is -0.529. The summed E-state index contributed by atoms with van der Waals surface area (Å²) >= 11 is 0. The van der Waals surface area contributed by atoms with Crippen molar-refractivity contribution >= 4 is 5.69 Å². The summed E-state index contributed by atoms with van der Waals surface area (Å²) < 4.78 is 13.9. The quantitative estimate of drug-likeness (QED) is 0.638. The summed E-state index contributed by atoms with van der Waals surface area (Å²) in [7, 11) is 0. The number of nitro groups is 1. The molecule has 1 unspecified atom stereocenters. The van der Waals surface area contributed by atoms with Crippen molar-refractivity contribution in [2.45, 2.75) is 25.9 Å². The molecule has 0 saturated carbocycles. The van der Waals surface area contributed by atoms with Crippen molar-refractivity contribution in [1.29, 1.82) is 0 Å². The summed E-state index contributed by atoms with van der Waals surface area (Å²) in [5, 5.41) is 20.4. The van der Waals surface area contributed by atoms with E-state index in [2.05, 4.69) is 4.90 Å². The number of aliphatic hydroxyl groups excluding tert-OH is 1. The fourth-order valence-corrected chi connectivity index (χ4v) is 2.89. The van der Waals surface area contributed by atoms with Crippen LogP contribution in [-0.4, -0.2) is 58.7 Å². The molecule has 2 rings (SSSR count). The summed E-state index contributed by atoms with van der Waals surface area (Å²) in [5.41, 5.74) is -0.0145. The van der Waals surface area contributed by atoms with E-state index in [1.54, 1.807) is 0 Å². The van der Waals surface area contributed by atoms with Crippen LogP contribution in [0.5, 0.6) is 0 Å². The molecule has 0 amide bonds. The molecule has 0 aliphatic carbocycles. The Labute approximate surface area is 129 Å². The Balaban J connectivity index is 2.01. The van der Waals surface area contributed by atoms with Gasteiger partial charge >= 0.3 is 0 Å². The summed E-state index contributed by atoms with van der Waals surface area (Å²) in [6.45, 7) is 5.39. The van der Waals surface area contributed by atoms with E-state index in [4.69, 9.17) is 0 Å². The maximum Gasteiger partial charge on any atom is 0.276 e. The lowest BCUT2D eigenvalue weighted by molar-refractivity contribution is -0.386. The van der Waals surface area contributed by atoms with E-state index in [-0.39, 0.29) is 30.4 Å². The van der Waals surface area contributed by atoms with Crippen LogP contribution in [0.25, 0.3) is 0 Å². The number of hydrogen-bond donors (Lipinski definition) is 1. The summed E-state index contributed by atoms with van der Waals surface area (Å²) in [4.78, 5) is 14.7. The van der Waals surface area contributed by atoms with Crippen LogP contribution in [0.15, 0.2) is 18.2 Å². The maximum atomic E-state index is 13.9. The van der Waals surface area contributed by atoms with Crippen LogP contribution in [0, 0.1) is 15.9 Å². The second kappa shape index (κ2) is 7.62. The van der Waals surface area contributed by atoms with Crippen LogP contribution in [0.2, 0.25) is 0 Å². The highest BCUT2D eigenvalue weighted by Crippen LogP contribution is 2.23. The first-order valence-electron chi connectivity index (χ1n) is 7.55. The minimum Gasteiger partial charge on any atom is -0.395 e. The molecule has 1 saturated heterocycles. The number of nitrogens with zero attached hydrogens (tertiary/aromatic N) is 3. The van der Waals surface area contributed by atoms with Crippen molar-refractivity contribution in [3.05, 3.63) is 39.7 Å². The molecular weight excluding hydrogens is 289 g/mol. The Morgan fingerprint density at radius 1 is 1.36 bits per heavy atom. The van der Waals surface area contributed by atoms with Crippen molar-refractivity contribution in [1.82, 2.24) is 9.80 Å². The zero-order valence-electron chi connectivity index (χ0n) is 12.7. The molecule has 1 N–H and O–H groups in total. The van der Waals surface area contributed by atoms with Crippen LogP contribution >= 0.6 is 0 Å². The van der Waals surface area contributed by atoms with Gasteiger partial charge in [-0.2, -0.15) is 0 Å². The Kier molecular flexibility index (Phi) is 5.82. The van der Waals surface area contributed by atoms with E-state index >= 15 is 0 Å². The first-order valence-corrected chi connectivity index (χ1v) is 7.55. The predicted octanol–water partition coefficient (Wildman–Crippen LogP) is 1.62. The smallest absolute Gasteiger partial charge is 0.276 e. The van der Waals surface area contributed by atoms with Crippen molar-refractivity contribution in [3.8, 4) is 0 Å². The first kappa shape index (κ1) is 16.8. The SMILES string of the molecule is CCC(CO)N1CCN(Cc2c(F)cccc2[N+](=O)[O-])CC1. The number of rotatable bonds is 6. The minimum atomic E-state index is -0.534. The summed E-state index contributed by atoms with van der Waals surface area (Å²) in [6.07, 6.45) is 0.884. The topological polar surface area (TPSA) is 69.8 Å². The van der Waals surface area contributed by atoms with E-state index in [1.807, 2.05) is 11.8 Å². The Morgan fingerprint density at radius 2 is 2.05 bits per heavy atom. The van der Waals surface area contributed by atoms with E-state index in [1.165, 1.54) is 18.2 Å². The Morgan fingerprint density at radius 3 is 2.59 bits per heavy atom. The first-order chi connectivity index (χ1) is 10.6. The highest BCUT2D eigenvalue weighted by Gasteiger charge is 2.25. The number of aliphatic hydroxyl groups is 1. The Hall–Kier alpha value is -1.57. The lowest BCUT2D eigenvalue weighted by Gasteiger charge is -2.38. The van der Waals surface area contributed by atoms with Crippen molar-refractivity contribution in [2.24, 2.45) is 0 Å². The number of halogens is 1. The van der Waals surface area contributed by atoms with Crippen LogP contribution < -0.4 is 0 Å². The molecule has 0 aromatic heterocycles. The molecule has 6 nitrogen and oxygen atoms in total. The third-order valence-corrected chi connectivity index (χ3v) is 4.28. The predicted molar refractivity (Wildman–Crippen MR) is 81.1 cm³/mol. The molecule has 122 valence electrons. The van der Waals surface area contributed by atoms with Gasteiger partial charge in [-0.3, -0.25) is 19.9 Å². The molecule has 1 aliphatic rings. The van der Waals surface area contributed by atoms with Crippen molar-refractivity contribution in [2.75, 3.05) is 32.8 Å². The van der Waals surface area contributed by atoms with Gasteiger partial charge in [-0.05, 0) is 12.5 Å². The average Bonchev–Trinajstić information content (AvgIpc) is 2.52. The fourth-order valence-electron chi connectivity index (χ4n) is 2.89. The molecular formula is C15H22FN3O3. The van der Waals surface area contributed by atoms with Crippen molar-refractivity contribution in [3.63, 3.8) is 0 Å². The van der Waals surface area contributed by atoms with Crippen LogP contribution in [0.4, 0.5) is 10.1 Å². The molecule has 1 aromatic carbocycles. The number of benzene rings is 1. The monoisotopic (exact) mass is 311 g/mol. The van der Waals surface area contributed by atoms with E-state index in [0.717, 1.165) is 19.5 Å². The number of hydrogen-bond acceptors (Lipinski definition) is 5. The fraction of sp³-hybridized carbons (Fsp3) is 0.600. The van der Waals surface area contributed by atoms with Gasteiger partial charge in [0.2, 0.25) is 0 Å². The third kappa shape index (κ3) is 3.79. The number of piperazine rings is 1. The van der Waals surface area contributed by atoms with Crippen molar-refractivity contribution < 1.29 is 14.4 Å². The number of nitro benzene ring substituents is 1. The molecule has 1 aromatic rings. The highest BCUT2D eigenvalue weighted by atomic mass is 19.1. The third-order valence-electron chi connectivity index (χ3n) is 4.28. The maximum absolute atomic E-state index is 13.9. The lowest BCUT2D eigenvalue weighted by Crippen LogP contribution is -2.50. The molecule has 1 atom stereocenters. The molecule has 0 bridgehead atoms. The largest absolute Gasteiger partial charge is 0.395 e. The second-order valence-electron chi connectivity index (χ2n) is 5.55.